The van der Waals surface area contributed by atoms with Crippen LogP contribution in [0, 0.1) is 39.8 Å². The van der Waals surface area contributed by atoms with Crippen molar-refractivity contribution in [2.45, 2.75) is 53.4 Å². The molecule has 4 heteroatoms. The Bertz CT molecular complexity index is 1480. The zero-order chi connectivity index (χ0) is 24.4. The maximum atomic E-state index is 6.14. The van der Waals surface area contributed by atoms with Crippen LogP contribution < -0.4 is 0 Å². The van der Waals surface area contributed by atoms with E-state index in [1.165, 1.54) is 51.8 Å². The molecule has 0 unspecified atom stereocenters. The number of rotatable bonds is 2. The molecule has 3 aromatic heterocycles. The summed E-state index contributed by atoms with van der Waals surface area (Å²) in [6.07, 6.45) is 8.45. The summed E-state index contributed by atoms with van der Waals surface area (Å²) in [6, 6.07) is 23.0. The van der Waals surface area contributed by atoms with E-state index < -0.39 is 0 Å². The number of aryl methyl sites for hydroxylation is 6. The van der Waals surface area contributed by atoms with Crippen LogP contribution in [0.25, 0.3) is 33.5 Å². The van der Waals surface area contributed by atoms with E-state index in [-0.39, 0.29) is 20.1 Å². The Kier molecular flexibility index (Phi) is 8.18. The molecule has 0 saturated carbocycles. The standard InChI is InChI=1S/C18H16NO.C14H14N.Ir/c1-12-9-10-19-16(11-12)15-7-4-6-14-13-5-2-3-8-17(13)20-18(14)15;1-10-4-6-13(7-5-10)14-8-11(2)12(3)9-15-14;/h4,6,9-11H,2-3,5,8H2,1H3;4-6,8-9H,1-3H3;/q2*-1;. The van der Waals surface area contributed by atoms with Gasteiger partial charge in [0.15, 0.2) is 0 Å². The second-order valence-corrected chi connectivity index (χ2v) is 9.46. The maximum absolute atomic E-state index is 6.14. The summed E-state index contributed by atoms with van der Waals surface area (Å²) >= 11 is 0. The first-order valence-corrected chi connectivity index (χ1v) is 12.3. The van der Waals surface area contributed by atoms with Gasteiger partial charge >= 0.3 is 0 Å². The van der Waals surface area contributed by atoms with Gasteiger partial charge in [-0.05, 0) is 68.6 Å². The molecular formula is C32H30IrN2O-2. The maximum Gasteiger partial charge on any atom is 0.0930 e. The molecule has 36 heavy (non-hydrogen) atoms. The van der Waals surface area contributed by atoms with Crippen molar-refractivity contribution in [2.24, 2.45) is 0 Å². The molecule has 0 amide bonds. The van der Waals surface area contributed by atoms with E-state index in [9.17, 15) is 0 Å². The van der Waals surface area contributed by atoms with Gasteiger partial charge in [0.1, 0.15) is 0 Å². The van der Waals surface area contributed by atoms with Crippen molar-refractivity contribution in [3.8, 4) is 22.5 Å². The molecule has 6 rings (SSSR count). The van der Waals surface area contributed by atoms with Crippen LogP contribution in [-0.2, 0) is 32.9 Å². The Hall–Kier alpha value is -3.07. The summed E-state index contributed by atoms with van der Waals surface area (Å²) in [5, 5.41) is 1.25. The molecule has 0 atom stereocenters. The Balaban J connectivity index is 0.000000172. The second-order valence-electron chi connectivity index (χ2n) is 9.46. The van der Waals surface area contributed by atoms with Crippen molar-refractivity contribution in [2.75, 3.05) is 0 Å². The minimum Gasteiger partial charge on any atom is -0.505 e. The van der Waals surface area contributed by atoms with E-state index in [1.807, 2.05) is 30.6 Å². The number of aromatic nitrogens is 2. The molecule has 0 fully saturated rings. The van der Waals surface area contributed by atoms with E-state index >= 15 is 0 Å². The van der Waals surface area contributed by atoms with Gasteiger partial charge in [0, 0.05) is 38.9 Å². The van der Waals surface area contributed by atoms with Crippen molar-refractivity contribution in [1.29, 1.82) is 0 Å². The molecule has 0 spiro atoms. The Morgan fingerprint density at radius 2 is 1.64 bits per heavy atom. The Morgan fingerprint density at radius 1 is 0.806 bits per heavy atom. The Morgan fingerprint density at radius 3 is 2.39 bits per heavy atom. The van der Waals surface area contributed by atoms with Crippen LogP contribution in [-0.4, -0.2) is 9.97 Å². The first-order chi connectivity index (χ1) is 17.0. The topological polar surface area (TPSA) is 38.9 Å². The van der Waals surface area contributed by atoms with Crippen LogP contribution in [0.5, 0.6) is 0 Å². The van der Waals surface area contributed by atoms with Crippen molar-refractivity contribution in [3.05, 3.63) is 107 Å². The fourth-order valence-corrected chi connectivity index (χ4v) is 4.52. The fourth-order valence-electron chi connectivity index (χ4n) is 4.52. The van der Waals surface area contributed by atoms with E-state index in [0.717, 1.165) is 40.9 Å². The van der Waals surface area contributed by atoms with Gasteiger partial charge in [-0.2, -0.15) is 0 Å². The molecule has 1 radical (unpaired) electrons. The van der Waals surface area contributed by atoms with Crippen LogP contribution in [0.2, 0.25) is 0 Å². The SMILES string of the molecule is Cc1c[c-]c(-c2cc(C)c(C)cn2)cc1.Cc1ccnc(-c2[c-]ccc3c4c(oc23)CCCC4)c1.[Ir]. The summed E-state index contributed by atoms with van der Waals surface area (Å²) in [5.41, 5.74) is 11.3. The van der Waals surface area contributed by atoms with Gasteiger partial charge in [0.2, 0.25) is 0 Å². The van der Waals surface area contributed by atoms with Crippen LogP contribution in [0.4, 0.5) is 0 Å². The summed E-state index contributed by atoms with van der Waals surface area (Å²) < 4.78 is 6.14. The van der Waals surface area contributed by atoms with Gasteiger partial charge in [0.05, 0.1) is 11.3 Å². The molecular weight excluding hydrogens is 621 g/mol. The smallest absolute Gasteiger partial charge is 0.0930 e. The van der Waals surface area contributed by atoms with Crippen molar-refractivity contribution < 1.29 is 24.5 Å². The average Bonchev–Trinajstić information content (AvgIpc) is 3.26. The van der Waals surface area contributed by atoms with Gasteiger partial charge in [-0.25, -0.2) is 0 Å². The minimum absolute atomic E-state index is 0. The van der Waals surface area contributed by atoms with Gasteiger partial charge < -0.3 is 14.4 Å². The van der Waals surface area contributed by atoms with E-state index in [1.54, 1.807) is 0 Å². The summed E-state index contributed by atoms with van der Waals surface area (Å²) in [6.45, 7) is 8.33. The first kappa shape index (κ1) is 26.0. The molecule has 185 valence electrons. The van der Waals surface area contributed by atoms with Crippen LogP contribution in [0.1, 0.15) is 46.4 Å². The largest absolute Gasteiger partial charge is 0.505 e. The van der Waals surface area contributed by atoms with Crippen LogP contribution in [0.15, 0.2) is 65.3 Å². The molecule has 3 heterocycles. The first-order valence-electron chi connectivity index (χ1n) is 12.3. The van der Waals surface area contributed by atoms with E-state index in [4.69, 9.17) is 4.42 Å². The third-order valence-electron chi connectivity index (χ3n) is 6.71. The third kappa shape index (κ3) is 5.51. The molecule has 0 saturated heterocycles. The average molecular weight is 651 g/mol. The van der Waals surface area contributed by atoms with E-state index in [2.05, 4.69) is 80.1 Å². The molecule has 5 aromatic rings. The number of nitrogens with zero attached hydrogens (tertiary/aromatic N) is 2. The summed E-state index contributed by atoms with van der Waals surface area (Å²) in [5.74, 6) is 1.17. The van der Waals surface area contributed by atoms with E-state index in [0.29, 0.717) is 0 Å². The number of furan rings is 1. The number of fused-ring (bicyclic) bond motifs is 3. The van der Waals surface area contributed by atoms with Crippen LogP contribution >= 0.6 is 0 Å². The zero-order valence-corrected chi connectivity index (χ0v) is 23.6. The quantitative estimate of drug-likeness (QED) is 0.182. The third-order valence-corrected chi connectivity index (χ3v) is 6.71. The normalized spacial score (nSPS) is 12.3. The predicted molar refractivity (Wildman–Crippen MR) is 142 cm³/mol. The molecule has 0 bridgehead atoms. The molecule has 0 N–H and O–H groups in total. The molecule has 0 aliphatic heterocycles. The predicted octanol–water partition coefficient (Wildman–Crippen LogP) is 7.95. The van der Waals surface area contributed by atoms with Gasteiger partial charge in [-0.15, -0.1) is 53.6 Å². The molecule has 3 nitrogen and oxygen atoms in total. The molecule has 2 aromatic carbocycles. The number of benzene rings is 2. The number of hydrogen-bond acceptors (Lipinski definition) is 3. The molecule has 1 aliphatic rings. The van der Waals surface area contributed by atoms with Crippen molar-refractivity contribution in [3.63, 3.8) is 0 Å². The summed E-state index contributed by atoms with van der Waals surface area (Å²) in [4.78, 5) is 8.88. The van der Waals surface area contributed by atoms with Crippen molar-refractivity contribution >= 4 is 11.0 Å². The van der Waals surface area contributed by atoms with Crippen LogP contribution in [0.3, 0.4) is 0 Å². The molecule has 1 aliphatic carbocycles. The number of hydrogen-bond donors (Lipinski definition) is 0. The Labute approximate surface area is 227 Å². The second kappa shape index (κ2) is 11.3. The van der Waals surface area contributed by atoms with Gasteiger partial charge in [-0.1, -0.05) is 41.1 Å². The number of pyridine rings is 2. The monoisotopic (exact) mass is 651 g/mol. The van der Waals surface area contributed by atoms with Gasteiger partial charge in [0.25, 0.3) is 0 Å². The van der Waals surface area contributed by atoms with Gasteiger partial charge in [-0.3, -0.25) is 0 Å². The zero-order valence-electron chi connectivity index (χ0n) is 21.2. The summed E-state index contributed by atoms with van der Waals surface area (Å²) in [7, 11) is 0. The minimum atomic E-state index is 0. The fraction of sp³-hybridized carbons (Fsp3) is 0.250. The van der Waals surface area contributed by atoms with Crippen molar-refractivity contribution in [1.82, 2.24) is 9.97 Å².